The molecular formula is C22H22F2N6O. The van der Waals surface area contributed by atoms with Crippen LogP contribution in [0.25, 0.3) is 28.0 Å². The molecule has 0 radical (unpaired) electrons. The Morgan fingerprint density at radius 3 is 2.74 bits per heavy atom. The third-order valence-electron chi connectivity index (χ3n) is 4.85. The number of hydrogen-bond acceptors (Lipinski definition) is 6. The molecule has 3 aromatic heterocycles. The van der Waals surface area contributed by atoms with Gasteiger partial charge in [0.25, 0.3) is 0 Å². The lowest BCUT2D eigenvalue weighted by Gasteiger charge is -2.11. The molecule has 31 heavy (non-hydrogen) atoms. The molecule has 0 aliphatic carbocycles. The summed E-state index contributed by atoms with van der Waals surface area (Å²) in [7, 11) is 0. The minimum Gasteiger partial charge on any atom is -0.434 e. The maximum absolute atomic E-state index is 13.1. The number of alkyl halides is 2. The van der Waals surface area contributed by atoms with Gasteiger partial charge in [0, 0.05) is 24.0 Å². The van der Waals surface area contributed by atoms with Gasteiger partial charge < -0.3 is 10.5 Å². The van der Waals surface area contributed by atoms with Crippen molar-refractivity contribution in [2.75, 3.05) is 0 Å². The number of pyridine rings is 1. The largest absolute Gasteiger partial charge is 0.434 e. The molecular weight excluding hydrogens is 402 g/mol. The molecule has 160 valence electrons. The van der Waals surface area contributed by atoms with E-state index in [0.717, 1.165) is 25.0 Å². The maximum atomic E-state index is 13.1. The van der Waals surface area contributed by atoms with Crippen LogP contribution in [0.15, 0.2) is 48.9 Å². The summed E-state index contributed by atoms with van der Waals surface area (Å²) in [5.74, 6) is 0.459. The van der Waals surface area contributed by atoms with Crippen LogP contribution in [0, 0.1) is 0 Å². The van der Waals surface area contributed by atoms with Crippen molar-refractivity contribution in [3.63, 3.8) is 0 Å². The molecule has 0 fully saturated rings. The number of hydrogen-bond donors (Lipinski definition) is 1. The fourth-order valence-electron chi connectivity index (χ4n) is 3.35. The summed E-state index contributed by atoms with van der Waals surface area (Å²) >= 11 is 0. The molecule has 0 amide bonds. The van der Waals surface area contributed by atoms with Crippen molar-refractivity contribution < 1.29 is 13.5 Å². The van der Waals surface area contributed by atoms with Crippen molar-refractivity contribution in [3.8, 4) is 22.8 Å². The fourth-order valence-corrected chi connectivity index (χ4v) is 3.35. The first-order valence-electron chi connectivity index (χ1n) is 10.0. The predicted molar refractivity (Wildman–Crippen MR) is 113 cm³/mol. The molecule has 0 bridgehead atoms. The third kappa shape index (κ3) is 4.51. The molecule has 0 aliphatic rings. The molecule has 0 unspecified atom stereocenters. The Labute approximate surface area is 177 Å². The monoisotopic (exact) mass is 424 g/mol. The molecule has 0 atom stereocenters. The van der Waals surface area contributed by atoms with Crippen molar-refractivity contribution in [1.82, 2.24) is 24.7 Å². The highest BCUT2D eigenvalue weighted by Gasteiger charge is 2.17. The van der Waals surface area contributed by atoms with Crippen molar-refractivity contribution >= 4 is 10.9 Å². The number of fused-ring (bicyclic) bond motifs is 1. The smallest absolute Gasteiger partial charge is 0.387 e. The first-order valence-corrected chi connectivity index (χ1v) is 10.0. The van der Waals surface area contributed by atoms with Crippen LogP contribution in [-0.4, -0.2) is 31.3 Å². The zero-order valence-corrected chi connectivity index (χ0v) is 17.0. The molecule has 0 saturated carbocycles. The molecule has 0 saturated heterocycles. The lowest BCUT2D eigenvalue weighted by atomic mass is 10.1. The van der Waals surface area contributed by atoms with Crippen molar-refractivity contribution in [2.45, 2.75) is 39.3 Å². The van der Waals surface area contributed by atoms with E-state index in [9.17, 15) is 8.78 Å². The topological polar surface area (TPSA) is 91.7 Å². The fraction of sp³-hybridized carbons (Fsp3) is 0.273. The van der Waals surface area contributed by atoms with Crippen LogP contribution in [0.1, 0.15) is 31.2 Å². The first-order chi connectivity index (χ1) is 15.1. The number of halogens is 2. The van der Waals surface area contributed by atoms with Crippen LogP contribution in [0.4, 0.5) is 8.78 Å². The van der Waals surface area contributed by atoms with Crippen LogP contribution in [-0.2, 0) is 13.0 Å². The Balaban J connectivity index is 1.86. The van der Waals surface area contributed by atoms with Crippen LogP contribution in [0.5, 0.6) is 5.75 Å². The van der Waals surface area contributed by atoms with Crippen molar-refractivity contribution in [3.05, 3.63) is 60.3 Å². The molecule has 7 nitrogen and oxygen atoms in total. The van der Waals surface area contributed by atoms with E-state index >= 15 is 0 Å². The Morgan fingerprint density at radius 2 is 1.97 bits per heavy atom. The SMILES string of the molecule is CCCCc1cccc(-c2cc(OC(F)F)c3cnn(-c4cncc(CN)n4)c3c2)n1. The Hall–Kier alpha value is -3.46. The molecule has 3 heterocycles. The van der Waals surface area contributed by atoms with Gasteiger partial charge >= 0.3 is 6.61 Å². The Kier molecular flexibility index (Phi) is 6.13. The van der Waals surface area contributed by atoms with Gasteiger partial charge in [0.15, 0.2) is 5.82 Å². The number of rotatable bonds is 8. The van der Waals surface area contributed by atoms with Gasteiger partial charge in [0.05, 0.1) is 34.7 Å². The number of unbranched alkanes of at least 4 members (excludes halogenated alkanes) is 1. The van der Waals surface area contributed by atoms with Gasteiger partial charge in [0.2, 0.25) is 0 Å². The summed E-state index contributed by atoms with van der Waals surface area (Å²) in [6.07, 6.45) is 7.52. The summed E-state index contributed by atoms with van der Waals surface area (Å²) in [5, 5.41) is 4.77. The average Bonchev–Trinajstić information content (AvgIpc) is 3.22. The van der Waals surface area contributed by atoms with Crippen LogP contribution < -0.4 is 10.5 Å². The molecule has 1 aromatic carbocycles. The van der Waals surface area contributed by atoms with Crippen LogP contribution in [0.2, 0.25) is 0 Å². The van der Waals surface area contributed by atoms with Crippen LogP contribution in [0.3, 0.4) is 0 Å². The number of nitrogens with zero attached hydrogens (tertiary/aromatic N) is 5. The summed E-state index contributed by atoms with van der Waals surface area (Å²) in [4.78, 5) is 13.3. The zero-order valence-electron chi connectivity index (χ0n) is 17.0. The third-order valence-corrected chi connectivity index (χ3v) is 4.85. The predicted octanol–water partition coefficient (Wildman–Crippen LogP) is 4.28. The van der Waals surface area contributed by atoms with Crippen LogP contribution >= 0.6 is 0 Å². The maximum Gasteiger partial charge on any atom is 0.387 e. The van der Waals surface area contributed by atoms with E-state index in [1.807, 2.05) is 24.3 Å². The van der Waals surface area contributed by atoms with Gasteiger partial charge in [0.1, 0.15) is 5.75 Å². The van der Waals surface area contributed by atoms with E-state index in [1.165, 1.54) is 17.1 Å². The molecule has 4 aromatic rings. The van der Waals surface area contributed by atoms with E-state index in [0.29, 0.717) is 33.7 Å². The van der Waals surface area contributed by atoms with E-state index in [1.54, 1.807) is 12.3 Å². The zero-order chi connectivity index (χ0) is 21.8. The second-order valence-corrected chi connectivity index (χ2v) is 7.03. The second kappa shape index (κ2) is 9.13. The summed E-state index contributed by atoms with van der Waals surface area (Å²) in [5.41, 5.74) is 9.08. The van der Waals surface area contributed by atoms with Gasteiger partial charge in [-0.25, -0.2) is 9.67 Å². The first kappa shape index (κ1) is 20.8. The number of ether oxygens (including phenoxy) is 1. The highest BCUT2D eigenvalue weighted by molar-refractivity contribution is 5.90. The lowest BCUT2D eigenvalue weighted by molar-refractivity contribution is -0.0487. The Bertz CT molecular complexity index is 1190. The number of nitrogens with two attached hydrogens (primary N) is 1. The molecule has 2 N–H and O–H groups in total. The molecule has 0 aliphatic heterocycles. The van der Waals surface area contributed by atoms with E-state index < -0.39 is 6.61 Å². The summed E-state index contributed by atoms with van der Waals surface area (Å²) in [6, 6.07) is 9.13. The lowest BCUT2D eigenvalue weighted by Crippen LogP contribution is -2.06. The van der Waals surface area contributed by atoms with E-state index in [4.69, 9.17) is 15.5 Å². The second-order valence-electron chi connectivity index (χ2n) is 7.03. The Morgan fingerprint density at radius 1 is 1.10 bits per heavy atom. The highest BCUT2D eigenvalue weighted by atomic mass is 19.3. The van der Waals surface area contributed by atoms with Crippen molar-refractivity contribution in [2.24, 2.45) is 5.73 Å². The quantitative estimate of drug-likeness (QED) is 0.454. The number of benzene rings is 1. The normalized spacial score (nSPS) is 11.4. The van der Waals surface area contributed by atoms with Gasteiger partial charge in [-0.2, -0.15) is 13.9 Å². The number of aromatic nitrogens is 5. The van der Waals surface area contributed by atoms with Crippen molar-refractivity contribution in [1.29, 1.82) is 0 Å². The molecule has 0 spiro atoms. The van der Waals surface area contributed by atoms with Gasteiger partial charge in [-0.05, 0) is 37.1 Å². The van der Waals surface area contributed by atoms with E-state index in [2.05, 4.69) is 22.0 Å². The molecule has 4 rings (SSSR count). The molecule has 9 heteroatoms. The van der Waals surface area contributed by atoms with Gasteiger partial charge in [-0.15, -0.1) is 0 Å². The minimum absolute atomic E-state index is 0.0254. The average molecular weight is 424 g/mol. The van der Waals surface area contributed by atoms with Gasteiger partial charge in [-0.3, -0.25) is 9.97 Å². The van der Waals surface area contributed by atoms with E-state index in [-0.39, 0.29) is 12.3 Å². The summed E-state index contributed by atoms with van der Waals surface area (Å²) in [6.45, 7) is -0.624. The highest BCUT2D eigenvalue weighted by Crippen LogP contribution is 2.34. The minimum atomic E-state index is -2.97. The standard InChI is InChI=1S/C22H22F2N6O/c1-2-3-5-15-6-4-7-18(28-15)14-8-19-17(20(9-14)31-22(23)24)12-27-30(19)21-13-26-11-16(10-25)29-21/h4,6-9,11-13,22H,2-3,5,10,25H2,1H3. The summed E-state index contributed by atoms with van der Waals surface area (Å²) < 4.78 is 32.6. The number of aryl methyl sites for hydroxylation is 1. The van der Waals surface area contributed by atoms with Gasteiger partial charge in [-0.1, -0.05) is 19.4 Å².